The highest BCUT2D eigenvalue weighted by Gasteiger charge is 2.16. The lowest BCUT2D eigenvalue weighted by Crippen LogP contribution is -2.19. The topological polar surface area (TPSA) is 102 Å². The first-order valence-electron chi connectivity index (χ1n) is 8.45. The molecule has 2 N–H and O–H groups in total. The summed E-state index contributed by atoms with van der Waals surface area (Å²) in [6.45, 7) is 4.24. The summed E-state index contributed by atoms with van der Waals surface area (Å²) in [5.41, 5.74) is 1.03. The summed E-state index contributed by atoms with van der Waals surface area (Å²) >= 11 is 1.26. The normalized spacial score (nSPS) is 10.5. The van der Waals surface area contributed by atoms with Crippen LogP contribution in [0.4, 0.5) is 5.69 Å². The van der Waals surface area contributed by atoms with Gasteiger partial charge < -0.3 is 15.1 Å². The van der Waals surface area contributed by atoms with Crippen LogP contribution in [0.1, 0.15) is 10.4 Å². The van der Waals surface area contributed by atoms with E-state index in [1.165, 1.54) is 11.8 Å². The molecule has 0 aliphatic carbocycles. The molecule has 0 unspecified atom stereocenters. The number of carbonyl (C=O) groups excluding carboxylic acids is 2. The lowest BCUT2D eigenvalue weighted by Gasteiger charge is -2.08. The van der Waals surface area contributed by atoms with E-state index in [2.05, 4.69) is 27.4 Å². The van der Waals surface area contributed by atoms with Crippen LogP contribution in [0.2, 0.25) is 0 Å². The Labute approximate surface area is 166 Å². The standard InChI is InChI=1S/C19H19N5O3S/c1-3-9-24-17(15-8-5-10-27-15)22-23-19(24)28-12-16(25)21-14-7-4-6-13(11-14)18(26)20-2/h3-8,10-11H,1,9,12H2,2H3,(H,20,26)(H,21,25). The molecule has 0 saturated carbocycles. The third-order valence-corrected chi connectivity index (χ3v) is 4.70. The second-order valence-electron chi connectivity index (χ2n) is 5.68. The van der Waals surface area contributed by atoms with E-state index in [0.29, 0.717) is 34.5 Å². The number of hydrogen-bond acceptors (Lipinski definition) is 6. The van der Waals surface area contributed by atoms with Crippen molar-refractivity contribution in [2.24, 2.45) is 0 Å². The number of nitrogens with zero attached hydrogens (tertiary/aromatic N) is 3. The molecule has 0 spiro atoms. The first kappa shape index (κ1) is 19.4. The smallest absolute Gasteiger partial charge is 0.251 e. The molecular formula is C19H19N5O3S. The van der Waals surface area contributed by atoms with Gasteiger partial charge in [-0.25, -0.2) is 0 Å². The van der Waals surface area contributed by atoms with Gasteiger partial charge in [0.25, 0.3) is 5.91 Å². The molecule has 0 aliphatic heterocycles. The lowest BCUT2D eigenvalue weighted by atomic mass is 10.2. The van der Waals surface area contributed by atoms with Gasteiger partial charge in [-0.1, -0.05) is 23.9 Å². The van der Waals surface area contributed by atoms with Crippen molar-refractivity contribution in [1.29, 1.82) is 0 Å². The molecule has 0 bridgehead atoms. The summed E-state index contributed by atoms with van der Waals surface area (Å²) in [6, 6.07) is 10.3. The molecular weight excluding hydrogens is 378 g/mol. The molecule has 0 radical (unpaired) electrons. The van der Waals surface area contributed by atoms with Gasteiger partial charge in [0.1, 0.15) is 0 Å². The summed E-state index contributed by atoms with van der Waals surface area (Å²) < 4.78 is 7.21. The molecule has 8 nitrogen and oxygen atoms in total. The highest BCUT2D eigenvalue weighted by atomic mass is 32.2. The van der Waals surface area contributed by atoms with Gasteiger partial charge in [0.05, 0.1) is 12.0 Å². The van der Waals surface area contributed by atoms with Gasteiger partial charge in [-0.15, -0.1) is 16.8 Å². The first-order chi connectivity index (χ1) is 13.6. The van der Waals surface area contributed by atoms with Crippen LogP contribution in [0.5, 0.6) is 0 Å². The number of thioether (sulfide) groups is 1. The number of amides is 2. The first-order valence-corrected chi connectivity index (χ1v) is 9.43. The second-order valence-corrected chi connectivity index (χ2v) is 6.62. The number of nitrogens with one attached hydrogen (secondary N) is 2. The van der Waals surface area contributed by atoms with Gasteiger partial charge in [-0.05, 0) is 30.3 Å². The number of hydrogen-bond donors (Lipinski definition) is 2. The van der Waals surface area contributed by atoms with Crippen molar-refractivity contribution >= 4 is 29.3 Å². The molecule has 0 atom stereocenters. The Morgan fingerprint density at radius 3 is 2.86 bits per heavy atom. The minimum absolute atomic E-state index is 0.137. The largest absolute Gasteiger partial charge is 0.461 e. The lowest BCUT2D eigenvalue weighted by molar-refractivity contribution is -0.113. The van der Waals surface area contributed by atoms with Crippen molar-refractivity contribution in [1.82, 2.24) is 20.1 Å². The zero-order valence-electron chi connectivity index (χ0n) is 15.2. The van der Waals surface area contributed by atoms with Crippen molar-refractivity contribution in [2.45, 2.75) is 11.7 Å². The summed E-state index contributed by atoms with van der Waals surface area (Å²) in [5.74, 6) is 0.875. The zero-order valence-corrected chi connectivity index (χ0v) is 16.0. The van der Waals surface area contributed by atoms with Crippen LogP contribution in [-0.4, -0.2) is 39.4 Å². The number of carbonyl (C=O) groups is 2. The van der Waals surface area contributed by atoms with Crippen molar-refractivity contribution < 1.29 is 14.0 Å². The van der Waals surface area contributed by atoms with E-state index in [-0.39, 0.29) is 17.6 Å². The summed E-state index contributed by atoms with van der Waals surface area (Å²) in [6.07, 6.45) is 3.29. The number of anilines is 1. The fourth-order valence-electron chi connectivity index (χ4n) is 2.49. The Hall–Kier alpha value is -3.33. The fourth-order valence-corrected chi connectivity index (χ4v) is 3.23. The summed E-state index contributed by atoms with van der Waals surface area (Å²) in [4.78, 5) is 24.0. The molecule has 9 heteroatoms. The molecule has 2 aromatic heterocycles. The summed E-state index contributed by atoms with van der Waals surface area (Å²) in [7, 11) is 1.56. The van der Waals surface area contributed by atoms with E-state index in [1.807, 2.05) is 4.57 Å². The molecule has 0 fully saturated rings. The van der Waals surface area contributed by atoms with E-state index < -0.39 is 0 Å². The number of benzene rings is 1. The van der Waals surface area contributed by atoms with Crippen LogP contribution in [-0.2, 0) is 11.3 Å². The molecule has 2 amide bonds. The molecule has 28 heavy (non-hydrogen) atoms. The van der Waals surface area contributed by atoms with Crippen molar-refractivity contribution in [3.63, 3.8) is 0 Å². The van der Waals surface area contributed by atoms with E-state index in [9.17, 15) is 9.59 Å². The Bertz CT molecular complexity index is 981. The molecule has 3 aromatic rings. The van der Waals surface area contributed by atoms with Crippen LogP contribution < -0.4 is 10.6 Å². The van der Waals surface area contributed by atoms with Crippen molar-refractivity contribution in [2.75, 3.05) is 18.1 Å². The van der Waals surface area contributed by atoms with Gasteiger partial charge >= 0.3 is 0 Å². The van der Waals surface area contributed by atoms with Gasteiger partial charge in [-0.3, -0.25) is 14.2 Å². The maximum atomic E-state index is 12.3. The van der Waals surface area contributed by atoms with E-state index in [0.717, 1.165) is 0 Å². The molecule has 0 saturated heterocycles. The quantitative estimate of drug-likeness (QED) is 0.448. The Morgan fingerprint density at radius 2 is 2.14 bits per heavy atom. The minimum atomic E-state index is -0.216. The van der Waals surface area contributed by atoms with Crippen molar-refractivity contribution in [3.05, 3.63) is 60.9 Å². The highest BCUT2D eigenvalue weighted by Crippen LogP contribution is 2.24. The highest BCUT2D eigenvalue weighted by molar-refractivity contribution is 7.99. The average molecular weight is 397 g/mol. The van der Waals surface area contributed by atoms with Gasteiger partial charge in [0.15, 0.2) is 10.9 Å². The van der Waals surface area contributed by atoms with E-state index >= 15 is 0 Å². The van der Waals surface area contributed by atoms with E-state index in [1.54, 1.807) is 55.8 Å². The third kappa shape index (κ3) is 4.49. The second kappa shape index (κ2) is 9.05. The van der Waals surface area contributed by atoms with Crippen LogP contribution in [0.25, 0.3) is 11.6 Å². The maximum absolute atomic E-state index is 12.3. The van der Waals surface area contributed by atoms with Gasteiger partial charge in [-0.2, -0.15) is 0 Å². The van der Waals surface area contributed by atoms with Crippen LogP contribution in [0.15, 0.2) is 64.9 Å². The zero-order chi connectivity index (χ0) is 19.9. The monoisotopic (exact) mass is 397 g/mol. The summed E-state index contributed by atoms with van der Waals surface area (Å²) in [5, 5.41) is 14.2. The molecule has 144 valence electrons. The molecule has 0 aliphatic rings. The number of rotatable bonds is 8. The average Bonchev–Trinajstić information content (AvgIpc) is 3.36. The molecule has 2 heterocycles. The molecule has 3 rings (SSSR count). The number of allylic oxidation sites excluding steroid dienone is 1. The van der Waals surface area contributed by atoms with Gasteiger partial charge in [0.2, 0.25) is 11.7 Å². The Kier molecular flexibility index (Phi) is 6.28. The number of aromatic nitrogens is 3. The maximum Gasteiger partial charge on any atom is 0.251 e. The SMILES string of the molecule is C=CCn1c(SCC(=O)Nc2cccc(C(=O)NC)c2)nnc1-c1ccco1. The van der Waals surface area contributed by atoms with Crippen LogP contribution >= 0.6 is 11.8 Å². The van der Waals surface area contributed by atoms with Crippen molar-refractivity contribution in [3.8, 4) is 11.6 Å². The molecule has 1 aromatic carbocycles. The Balaban J connectivity index is 1.66. The van der Waals surface area contributed by atoms with Crippen LogP contribution in [0.3, 0.4) is 0 Å². The van der Waals surface area contributed by atoms with E-state index in [4.69, 9.17) is 4.42 Å². The third-order valence-electron chi connectivity index (χ3n) is 3.74. The Morgan fingerprint density at radius 1 is 1.29 bits per heavy atom. The number of furan rings is 1. The van der Waals surface area contributed by atoms with Gasteiger partial charge in [0, 0.05) is 24.8 Å². The fraction of sp³-hybridized carbons (Fsp3) is 0.158. The predicted octanol–water partition coefficient (Wildman–Crippen LogP) is 2.81. The predicted molar refractivity (Wildman–Crippen MR) is 107 cm³/mol. The minimum Gasteiger partial charge on any atom is -0.461 e. The van der Waals surface area contributed by atoms with Crippen LogP contribution in [0, 0.1) is 0 Å².